The summed E-state index contributed by atoms with van der Waals surface area (Å²) in [5.74, 6) is -3.92. The zero-order valence-electron chi connectivity index (χ0n) is 16.7. The van der Waals surface area contributed by atoms with E-state index in [0.29, 0.717) is 23.4 Å². The molecule has 0 aliphatic rings. The van der Waals surface area contributed by atoms with Crippen LogP contribution in [0.3, 0.4) is 0 Å². The van der Waals surface area contributed by atoms with E-state index in [9.17, 15) is 27.2 Å². The summed E-state index contributed by atoms with van der Waals surface area (Å²) in [5.41, 5.74) is 0.637. The van der Waals surface area contributed by atoms with Gasteiger partial charge in [-0.25, -0.2) is 27.4 Å². The Morgan fingerprint density at radius 3 is 2.13 bits per heavy atom. The minimum Gasteiger partial charge on any atom is -0.442 e. The highest BCUT2D eigenvalue weighted by Gasteiger charge is 2.28. The van der Waals surface area contributed by atoms with Gasteiger partial charge in [0.15, 0.2) is 5.82 Å². The maximum absolute atomic E-state index is 14.5. The lowest BCUT2D eigenvalue weighted by atomic mass is 10.2. The van der Waals surface area contributed by atoms with Crippen molar-refractivity contribution < 1.29 is 31.9 Å². The van der Waals surface area contributed by atoms with Crippen molar-refractivity contribution in [2.24, 2.45) is 0 Å². The Bertz CT molecular complexity index is 927. The van der Waals surface area contributed by atoms with Crippen LogP contribution < -0.4 is 10.7 Å². The summed E-state index contributed by atoms with van der Waals surface area (Å²) < 4.78 is 60.5. The summed E-state index contributed by atoms with van der Waals surface area (Å²) in [7, 11) is 0. The number of aldehydes is 1. The van der Waals surface area contributed by atoms with Crippen molar-refractivity contribution in [3.8, 4) is 0 Å². The molecule has 2 N–H and O–H groups in total. The first kappa shape index (κ1) is 23.0. The number of hydrazine groups is 1. The molecule has 0 saturated heterocycles. The van der Waals surface area contributed by atoms with E-state index in [1.165, 1.54) is 6.92 Å². The Morgan fingerprint density at radius 1 is 1.03 bits per heavy atom. The molecule has 0 radical (unpaired) electrons. The molecule has 1 atom stereocenters. The number of nitrogens with zero attached hydrogens (tertiary/aromatic N) is 1. The van der Waals surface area contributed by atoms with Crippen LogP contribution in [-0.4, -0.2) is 29.0 Å². The molecule has 10 heteroatoms. The Balaban J connectivity index is 2.45. The van der Waals surface area contributed by atoms with Crippen molar-refractivity contribution in [2.75, 3.05) is 10.7 Å². The van der Waals surface area contributed by atoms with Gasteiger partial charge in [-0.05, 0) is 45.9 Å². The van der Waals surface area contributed by atoms with Gasteiger partial charge in [-0.1, -0.05) is 0 Å². The Kier molecular flexibility index (Phi) is 6.91. The standard InChI is InChI=1S/C20H21F4N3O3/c1-11(10-28)27(19(29)30-20(2,3)4)26-18-16(24)8-14(23)9-17(18)25-15-6-12(21)5-13(22)7-15/h5-11,25-26H,1-4H3. The maximum Gasteiger partial charge on any atom is 0.429 e. The highest BCUT2D eigenvalue weighted by molar-refractivity contribution is 5.80. The van der Waals surface area contributed by atoms with E-state index in [-0.39, 0.29) is 11.4 Å². The lowest BCUT2D eigenvalue weighted by Crippen LogP contribution is -2.46. The lowest BCUT2D eigenvalue weighted by molar-refractivity contribution is -0.111. The van der Waals surface area contributed by atoms with Crippen LogP contribution in [0.1, 0.15) is 27.7 Å². The zero-order chi connectivity index (χ0) is 22.6. The monoisotopic (exact) mass is 427 g/mol. The Morgan fingerprint density at radius 2 is 1.60 bits per heavy atom. The molecular formula is C20H21F4N3O3. The van der Waals surface area contributed by atoms with Crippen molar-refractivity contribution in [3.63, 3.8) is 0 Å². The average molecular weight is 427 g/mol. The van der Waals surface area contributed by atoms with Crippen LogP contribution in [0.2, 0.25) is 0 Å². The topological polar surface area (TPSA) is 70.7 Å². The number of rotatable bonds is 6. The van der Waals surface area contributed by atoms with Gasteiger partial charge >= 0.3 is 6.09 Å². The molecule has 162 valence electrons. The molecule has 1 unspecified atom stereocenters. The van der Waals surface area contributed by atoms with Crippen LogP contribution in [0.4, 0.5) is 39.4 Å². The third kappa shape index (κ3) is 6.10. The molecule has 0 aliphatic carbocycles. The van der Waals surface area contributed by atoms with Gasteiger partial charge in [0.25, 0.3) is 0 Å². The molecular weight excluding hydrogens is 406 g/mol. The van der Waals surface area contributed by atoms with Gasteiger partial charge in [-0.15, -0.1) is 0 Å². The number of nitrogens with one attached hydrogen (secondary N) is 2. The quantitative estimate of drug-likeness (QED) is 0.380. The molecule has 6 nitrogen and oxygen atoms in total. The number of carbonyl (C=O) groups excluding carboxylic acids is 2. The lowest BCUT2D eigenvalue weighted by Gasteiger charge is -2.31. The fourth-order valence-electron chi connectivity index (χ4n) is 2.37. The first-order chi connectivity index (χ1) is 13.9. The Hall–Kier alpha value is -3.30. The predicted molar refractivity (Wildman–Crippen MR) is 103 cm³/mol. The number of ether oxygens (including phenoxy) is 1. The van der Waals surface area contributed by atoms with Gasteiger partial charge in [-0.2, -0.15) is 0 Å². The number of carbonyl (C=O) groups is 2. The molecule has 30 heavy (non-hydrogen) atoms. The number of hydrogen-bond acceptors (Lipinski definition) is 5. The minimum atomic E-state index is -1.12. The van der Waals surface area contributed by atoms with Crippen LogP contribution in [0.25, 0.3) is 0 Å². The Labute approximate surface area is 170 Å². The number of hydrogen-bond donors (Lipinski definition) is 2. The second kappa shape index (κ2) is 9.02. The maximum atomic E-state index is 14.5. The van der Waals surface area contributed by atoms with Crippen LogP contribution in [0, 0.1) is 23.3 Å². The number of halogens is 4. The number of anilines is 3. The molecule has 0 heterocycles. The zero-order valence-corrected chi connectivity index (χ0v) is 16.7. The van der Waals surface area contributed by atoms with Crippen molar-refractivity contribution in [3.05, 3.63) is 53.6 Å². The number of benzene rings is 2. The third-order valence-corrected chi connectivity index (χ3v) is 3.62. The van der Waals surface area contributed by atoms with Crippen LogP contribution in [0.5, 0.6) is 0 Å². The molecule has 0 aliphatic heterocycles. The molecule has 2 rings (SSSR count). The number of amides is 1. The first-order valence-corrected chi connectivity index (χ1v) is 8.86. The van der Waals surface area contributed by atoms with Crippen LogP contribution >= 0.6 is 0 Å². The average Bonchev–Trinajstić information content (AvgIpc) is 2.58. The van der Waals surface area contributed by atoms with Gasteiger partial charge in [0.05, 0.1) is 5.69 Å². The van der Waals surface area contributed by atoms with Gasteiger partial charge in [-0.3, -0.25) is 5.43 Å². The van der Waals surface area contributed by atoms with Crippen molar-refractivity contribution in [2.45, 2.75) is 39.3 Å². The molecule has 2 aromatic rings. The third-order valence-electron chi connectivity index (χ3n) is 3.62. The fourth-order valence-corrected chi connectivity index (χ4v) is 2.37. The van der Waals surface area contributed by atoms with E-state index in [0.717, 1.165) is 18.2 Å². The minimum absolute atomic E-state index is 0.132. The van der Waals surface area contributed by atoms with Gasteiger partial charge < -0.3 is 14.8 Å². The summed E-state index contributed by atoms with van der Waals surface area (Å²) in [6, 6.07) is 2.76. The van der Waals surface area contributed by atoms with E-state index in [4.69, 9.17) is 4.74 Å². The van der Waals surface area contributed by atoms with E-state index < -0.39 is 46.7 Å². The molecule has 1 amide bonds. The van der Waals surface area contributed by atoms with E-state index in [1.807, 2.05) is 0 Å². The second-order valence-corrected chi connectivity index (χ2v) is 7.43. The van der Waals surface area contributed by atoms with Gasteiger partial charge in [0.1, 0.15) is 41.1 Å². The molecule has 0 saturated carbocycles. The van der Waals surface area contributed by atoms with E-state index >= 15 is 0 Å². The molecule has 2 aromatic carbocycles. The van der Waals surface area contributed by atoms with Crippen molar-refractivity contribution in [1.29, 1.82) is 0 Å². The second-order valence-electron chi connectivity index (χ2n) is 7.43. The van der Waals surface area contributed by atoms with Gasteiger partial charge in [0, 0.05) is 17.8 Å². The van der Waals surface area contributed by atoms with E-state index in [1.54, 1.807) is 20.8 Å². The molecule has 0 bridgehead atoms. The van der Waals surface area contributed by atoms with Crippen LogP contribution in [0.15, 0.2) is 30.3 Å². The summed E-state index contributed by atoms with van der Waals surface area (Å²) >= 11 is 0. The smallest absolute Gasteiger partial charge is 0.429 e. The van der Waals surface area contributed by atoms with Crippen molar-refractivity contribution in [1.82, 2.24) is 5.01 Å². The molecule has 0 spiro atoms. The molecule has 0 fully saturated rings. The molecule has 0 aromatic heterocycles. The summed E-state index contributed by atoms with van der Waals surface area (Å²) in [6.45, 7) is 6.14. The highest BCUT2D eigenvalue weighted by atomic mass is 19.1. The van der Waals surface area contributed by atoms with Crippen LogP contribution in [-0.2, 0) is 9.53 Å². The first-order valence-electron chi connectivity index (χ1n) is 8.86. The van der Waals surface area contributed by atoms with E-state index in [2.05, 4.69) is 10.7 Å². The summed E-state index contributed by atoms with van der Waals surface area (Å²) in [4.78, 5) is 23.7. The van der Waals surface area contributed by atoms with Crippen molar-refractivity contribution >= 4 is 29.4 Å². The predicted octanol–water partition coefficient (Wildman–Crippen LogP) is 5.14. The highest BCUT2D eigenvalue weighted by Crippen LogP contribution is 2.31. The normalized spacial score (nSPS) is 12.1. The summed E-state index contributed by atoms with van der Waals surface area (Å²) in [5, 5.41) is 3.21. The summed E-state index contributed by atoms with van der Waals surface area (Å²) in [6.07, 6.45) is -0.582. The fraction of sp³-hybridized carbons (Fsp3) is 0.300. The van der Waals surface area contributed by atoms with Gasteiger partial charge in [0.2, 0.25) is 0 Å². The largest absolute Gasteiger partial charge is 0.442 e. The SMILES string of the molecule is CC(C=O)N(Nc1c(F)cc(F)cc1Nc1cc(F)cc(F)c1)C(=O)OC(C)(C)C.